The lowest BCUT2D eigenvalue weighted by molar-refractivity contribution is 0.415. The van der Waals surface area contributed by atoms with Crippen LogP contribution in [-0.2, 0) is 13.1 Å². The van der Waals surface area contributed by atoms with E-state index in [9.17, 15) is 0 Å². The summed E-state index contributed by atoms with van der Waals surface area (Å²) < 4.78 is 11.0. The first-order chi connectivity index (χ1) is 10.2. The molecule has 21 heavy (non-hydrogen) atoms. The van der Waals surface area contributed by atoms with Gasteiger partial charge in [-0.15, -0.1) is 0 Å². The fraction of sp³-hybridized carbons (Fsp3) is 0.412. The number of nitrogens with one attached hydrogen (secondary N) is 1. The van der Waals surface area contributed by atoms with Gasteiger partial charge in [-0.25, -0.2) is 0 Å². The molecule has 0 saturated heterocycles. The van der Waals surface area contributed by atoms with Crippen molar-refractivity contribution in [1.82, 2.24) is 5.32 Å². The second kappa shape index (κ2) is 7.74. The number of hydrogen-bond acceptors (Lipinski definition) is 4. The Morgan fingerprint density at radius 2 is 1.81 bits per heavy atom. The first-order valence-electron chi connectivity index (χ1n) is 7.36. The van der Waals surface area contributed by atoms with Crippen molar-refractivity contribution in [2.75, 3.05) is 25.6 Å². The van der Waals surface area contributed by atoms with E-state index in [2.05, 4.69) is 24.2 Å². The van der Waals surface area contributed by atoms with Gasteiger partial charge in [-0.1, -0.05) is 6.92 Å². The quantitative estimate of drug-likeness (QED) is 0.755. The maximum atomic E-state index is 5.84. The Bertz CT molecular complexity index is 534. The zero-order chi connectivity index (χ0) is 15.1. The number of nitrogens with zero attached hydrogens (tertiary/aromatic N) is 1. The van der Waals surface area contributed by atoms with Crippen LogP contribution in [0.4, 0.5) is 5.69 Å². The van der Waals surface area contributed by atoms with E-state index in [1.807, 2.05) is 36.4 Å². The van der Waals surface area contributed by atoms with Crippen molar-refractivity contribution in [2.45, 2.75) is 26.4 Å². The van der Waals surface area contributed by atoms with Crippen LogP contribution in [-0.4, -0.2) is 20.7 Å². The Morgan fingerprint density at radius 1 is 1.10 bits per heavy atom. The predicted octanol–water partition coefficient (Wildman–Crippen LogP) is 3.42. The van der Waals surface area contributed by atoms with E-state index in [4.69, 9.17) is 9.15 Å². The van der Waals surface area contributed by atoms with Gasteiger partial charge in [0.2, 0.25) is 0 Å². The third-order valence-electron chi connectivity index (χ3n) is 3.35. The van der Waals surface area contributed by atoms with Crippen molar-refractivity contribution in [3.8, 4) is 5.75 Å². The molecular weight excluding hydrogens is 264 g/mol. The van der Waals surface area contributed by atoms with Crippen LogP contribution in [0.2, 0.25) is 0 Å². The fourth-order valence-electron chi connectivity index (χ4n) is 2.15. The van der Waals surface area contributed by atoms with E-state index < -0.39 is 0 Å². The van der Waals surface area contributed by atoms with Gasteiger partial charge >= 0.3 is 0 Å². The van der Waals surface area contributed by atoms with E-state index in [0.29, 0.717) is 0 Å². The van der Waals surface area contributed by atoms with Gasteiger partial charge in [0.25, 0.3) is 0 Å². The van der Waals surface area contributed by atoms with Gasteiger partial charge in [0.15, 0.2) is 0 Å². The number of methoxy groups -OCH3 is 1. The number of ether oxygens (including phenoxy) is 1. The largest absolute Gasteiger partial charge is 0.497 e. The summed E-state index contributed by atoms with van der Waals surface area (Å²) in [7, 11) is 3.73. The maximum Gasteiger partial charge on any atom is 0.123 e. The summed E-state index contributed by atoms with van der Waals surface area (Å²) in [5.74, 6) is 2.83. The molecule has 114 valence electrons. The second-order valence-electron chi connectivity index (χ2n) is 5.10. The smallest absolute Gasteiger partial charge is 0.123 e. The van der Waals surface area contributed by atoms with Crippen LogP contribution in [0.25, 0.3) is 0 Å². The van der Waals surface area contributed by atoms with Crippen LogP contribution in [0.5, 0.6) is 5.75 Å². The molecular formula is C17H24N2O2. The Morgan fingerprint density at radius 3 is 2.48 bits per heavy atom. The summed E-state index contributed by atoms with van der Waals surface area (Å²) in [6.07, 6.45) is 1.13. The number of furan rings is 1. The Kier molecular flexibility index (Phi) is 5.69. The Balaban J connectivity index is 1.90. The third kappa shape index (κ3) is 4.53. The summed E-state index contributed by atoms with van der Waals surface area (Å²) in [5.41, 5.74) is 1.14. The average molecular weight is 288 g/mol. The standard InChI is InChI=1S/C17H24N2O2/c1-4-11-18-12-16-9-10-17(21-16)13-19(2)14-5-7-15(20-3)8-6-14/h5-10,18H,4,11-13H2,1-3H3. The molecule has 0 bridgehead atoms. The van der Waals surface area contributed by atoms with Gasteiger partial charge in [-0.05, 0) is 49.4 Å². The molecule has 0 aliphatic heterocycles. The molecule has 0 spiro atoms. The maximum absolute atomic E-state index is 5.84. The first-order valence-corrected chi connectivity index (χ1v) is 7.36. The molecule has 0 aliphatic carbocycles. The number of rotatable bonds is 8. The molecule has 4 heteroatoms. The number of anilines is 1. The molecule has 2 rings (SSSR count). The Labute approximate surface area is 126 Å². The highest BCUT2D eigenvalue weighted by atomic mass is 16.5. The first kappa shape index (κ1) is 15.4. The van der Waals surface area contributed by atoms with Crippen LogP contribution in [0.1, 0.15) is 24.9 Å². The molecule has 0 atom stereocenters. The normalized spacial score (nSPS) is 10.6. The molecule has 4 nitrogen and oxygen atoms in total. The van der Waals surface area contributed by atoms with Crippen LogP contribution in [0, 0.1) is 0 Å². The van der Waals surface area contributed by atoms with Gasteiger partial charge in [0, 0.05) is 12.7 Å². The van der Waals surface area contributed by atoms with E-state index >= 15 is 0 Å². The predicted molar refractivity (Wildman–Crippen MR) is 85.8 cm³/mol. The Hall–Kier alpha value is -1.94. The summed E-state index contributed by atoms with van der Waals surface area (Å²) in [5, 5.41) is 3.34. The average Bonchev–Trinajstić information content (AvgIpc) is 2.95. The molecule has 0 fully saturated rings. The monoisotopic (exact) mass is 288 g/mol. The topological polar surface area (TPSA) is 37.6 Å². The van der Waals surface area contributed by atoms with Gasteiger partial charge < -0.3 is 19.4 Å². The van der Waals surface area contributed by atoms with E-state index in [1.54, 1.807) is 7.11 Å². The van der Waals surface area contributed by atoms with Crippen molar-refractivity contribution >= 4 is 5.69 Å². The van der Waals surface area contributed by atoms with Crippen LogP contribution in [0.15, 0.2) is 40.8 Å². The van der Waals surface area contributed by atoms with Crippen molar-refractivity contribution in [2.24, 2.45) is 0 Å². The highest BCUT2D eigenvalue weighted by Crippen LogP contribution is 2.20. The highest BCUT2D eigenvalue weighted by Gasteiger charge is 2.06. The zero-order valence-electron chi connectivity index (χ0n) is 13.1. The van der Waals surface area contributed by atoms with Crippen LogP contribution in [0.3, 0.4) is 0 Å². The summed E-state index contributed by atoms with van der Waals surface area (Å²) in [6, 6.07) is 12.1. The highest BCUT2D eigenvalue weighted by molar-refractivity contribution is 5.48. The van der Waals surface area contributed by atoms with Gasteiger partial charge in [0.1, 0.15) is 17.3 Å². The lowest BCUT2D eigenvalue weighted by Gasteiger charge is -2.18. The minimum Gasteiger partial charge on any atom is -0.497 e. The molecule has 0 amide bonds. The minimum absolute atomic E-state index is 0.750. The van der Waals surface area contributed by atoms with Crippen molar-refractivity contribution in [1.29, 1.82) is 0 Å². The van der Waals surface area contributed by atoms with Gasteiger partial charge in [-0.3, -0.25) is 0 Å². The van der Waals surface area contributed by atoms with E-state index in [-0.39, 0.29) is 0 Å². The van der Waals surface area contributed by atoms with Crippen molar-refractivity contribution in [3.05, 3.63) is 47.9 Å². The minimum atomic E-state index is 0.750. The zero-order valence-corrected chi connectivity index (χ0v) is 13.1. The summed E-state index contributed by atoms with van der Waals surface area (Å²) in [4.78, 5) is 2.15. The molecule has 0 aliphatic rings. The van der Waals surface area contributed by atoms with Crippen LogP contribution < -0.4 is 15.0 Å². The molecule has 0 unspecified atom stereocenters. The SMILES string of the molecule is CCCNCc1ccc(CN(C)c2ccc(OC)cc2)o1. The number of benzene rings is 1. The molecule has 1 aromatic carbocycles. The molecule has 1 N–H and O–H groups in total. The van der Waals surface area contributed by atoms with Gasteiger partial charge in [-0.2, -0.15) is 0 Å². The summed E-state index contributed by atoms with van der Waals surface area (Å²) >= 11 is 0. The lowest BCUT2D eigenvalue weighted by atomic mass is 10.2. The molecule has 0 radical (unpaired) electrons. The molecule has 1 aromatic heterocycles. The third-order valence-corrected chi connectivity index (χ3v) is 3.35. The van der Waals surface area contributed by atoms with E-state index in [0.717, 1.165) is 49.0 Å². The summed E-state index contributed by atoms with van der Waals surface area (Å²) in [6.45, 7) is 4.71. The van der Waals surface area contributed by atoms with Gasteiger partial charge in [0.05, 0.1) is 20.2 Å². The van der Waals surface area contributed by atoms with Crippen LogP contribution >= 0.6 is 0 Å². The molecule has 2 aromatic rings. The molecule has 0 saturated carbocycles. The lowest BCUT2D eigenvalue weighted by Crippen LogP contribution is -2.16. The van der Waals surface area contributed by atoms with Crippen molar-refractivity contribution < 1.29 is 9.15 Å². The second-order valence-corrected chi connectivity index (χ2v) is 5.10. The molecule has 1 heterocycles. The van der Waals surface area contributed by atoms with E-state index in [1.165, 1.54) is 0 Å². The van der Waals surface area contributed by atoms with Crippen molar-refractivity contribution in [3.63, 3.8) is 0 Å². The fourth-order valence-corrected chi connectivity index (χ4v) is 2.15. The number of hydrogen-bond donors (Lipinski definition) is 1.